The fourth-order valence-electron chi connectivity index (χ4n) is 2.35. The minimum atomic E-state index is -0.591. The van der Waals surface area contributed by atoms with Gasteiger partial charge < -0.3 is 24.7 Å². The zero-order valence-corrected chi connectivity index (χ0v) is 16.4. The Hall–Kier alpha value is -3.75. The summed E-state index contributed by atoms with van der Waals surface area (Å²) in [7, 11) is 3.00. The van der Waals surface area contributed by atoms with Crippen LogP contribution in [0.25, 0.3) is 0 Å². The van der Waals surface area contributed by atoms with Crippen LogP contribution in [0.2, 0.25) is 0 Å². The predicted molar refractivity (Wildman–Crippen MR) is 107 cm³/mol. The number of carbonyl (C=O) groups excluding carboxylic acids is 2. The van der Waals surface area contributed by atoms with E-state index in [0.717, 1.165) is 0 Å². The molecule has 0 atom stereocenters. The summed E-state index contributed by atoms with van der Waals surface area (Å²) in [6, 6.07) is 9.80. The van der Waals surface area contributed by atoms with Crippen molar-refractivity contribution in [1.29, 1.82) is 0 Å². The molecule has 0 aromatic heterocycles. The van der Waals surface area contributed by atoms with E-state index in [4.69, 9.17) is 24.7 Å². The normalized spacial score (nSPS) is 10.4. The number of rotatable bonds is 10. The Labute approximate surface area is 168 Å². The molecule has 0 spiro atoms. The Morgan fingerprint density at radius 1 is 1.00 bits per heavy atom. The first-order valence-electron chi connectivity index (χ1n) is 8.71. The summed E-state index contributed by atoms with van der Waals surface area (Å²) >= 11 is 0. The molecule has 29 heavy (non-hydrogen) atoms. The second-order valence-electron chi connectivity index (χ2n) is 5.66. The molecule has 0 radical (unpaired) electrons. The highest BCUT2D eigenvalue weighted by Gasteiger charge is 2.11. The van der Waals surface area contributed by atoms with E-state index in [0.29, 0.717) is 40.7 Å². The van der Waals surface area contributed by atoms with Crippen molar-refractivity contribution < 1.29 is 28.5 Å². The number of carbonyl (C=O) groups is 2. The molecule has 2 aromatic rings. The first kappa shape index (κ1) is 21.5. The van der Waals surface area contributed by atoms with E-state index in [2.05, 4.69) is 10.5 Å². The maximum absolute atomic E-state index is 12.3. The highest BCUT2D eigenvalue weighted by Crippen LogP contribution is 2.28. The molecule has 9 heteroatoms. The zero-order chi connectivity index (χ0) is 21.2. The van der Waals surface area contributed by atoms with Crippen LogP contribution in [0.4, 0.5) is 0 Å². The number of methoxy groups -OCH3 is 2. The monoisotopic (exact) mass is 401 g/mol. The zero-order valence-electron chi connectivity index (χ0n) is 16.4. The molecule has 154 valence electrons. The standard InChI is InChI=1S/C20H23N3O6/c1-4-28-18-10-14(6-8-15(18)26-2)20(25)23-22-11-13-5-7-16(17(9-13)27-3)29-12-19(21)24/h5-11H,4,12H2,1-3H3,(H2,21,24)(H,23,25)/b22-11+. The molecule has 0 fully saturated rings. The number of amides is 2. The fourth-order valence-corrected chi connectivity index (χ4v) is 2.35. The van der Waals surface area contributed by atoms with E-state index in [1.54, 1.807) is 36.4 Å². The molecule has 0 unspecified atom stereocenters. The highest BCUT2D eigenvalue weighted by atomic mass is 16.5. The van der Waals surface area contributed by atoms with Gasteiger partial charge in [-0.2, -0.15) is 5.10 Å². The first-order chi connectivity index (χ1) is 14.0. The summed E-state index contributed by atoms with van der Waals surface area (Å²) in [6.45, 7) is 2.03. The van der Waals surface area contributed by atoms with E-state index in [1.165, 1.54) is 20.4 Å². The number of hydrazone groups is 1. The predicted octanol–water partition coefficient (Wildman–Crippen LogP) is 1.73. The van der Waals surface area contributed by atoms with Crippen molar-refractivity contribution in [1.82, 2.24) is 5.43 Å². The SMILES string of the molecule is CCOc1cc(C(=O)N/N=C/c2ccc(OCC(N)=O)c(OC)c2)ccc1OC. The third kappa shape index (κ3) is 6.13. The molecule has 2 rings (SSSR count). The van der Waals surface area contributed by atoms with Crippen molar-refractivity contribution >= 4 is 18.0 Å². The minimum absolute atomic E-state index is 0.258. The third-order valence-corrected chi connectivity index (χ3v) is 3.66. The molecule has 3 N–H and O–H groups in total. The van der Waals surface area contributed by atoms with Crippen LogP contribution in [0.15, 0.2) is 41.5 Å². The molecule has 0 heterocycles. The van der Waals surface area contributed by atoms with Gasteiger partial charge in [0.15, 0.2) is 29.6 Å². The molecule has 0 aliphatic heterocycles. The fraction of sp³-hybridized carbons (Fsp3) is 0.250. The van der Waals surface area contributed by atoms with Gasteiger partial charge in [-0.05, 0) is 48.9 Å². The number of primary amides is 1. The first-order valence-corrected chi connectivity index (χ1v) is 8.71. The van der Waals surface area contributed by atoms with Gasteiger partial charge in [-0.15, -0.1) is 0 Å². The van der Waals surface area contributed by atoms with Crippen LogP contribution in [-0.2, 0) is 4.79 Å². The van der Waals surface area contributed by atoms with E-state index in [1.807, 2.05) is 6.92 Å². The van der Waals surface area contributed by atoms with Gasteiger partial charge in [0.05, 0.1) is 27.0 Å². The Morgan fingerprint density at radius 3 is 2.38 bits per heavy atom. The quantitative estimate of drug-likeness (QED) is 0.462. The van der Waals surface area contributed by atoms with Crippen LogP contribution < -0.4 is 30.1 Å². The Balaban J connectivity index is 2.06. The van der Waals surface area contributed by atoms with Gasteiger partial charge in [0.2, 0.25) is 0 Å². The minimum Gasteiger partial charge on any atom is -0.493 e. The second-order valence-corrected chi connectivity index (χ2v) is 5.66. The molecule has 0 saturated carbocycles. The van der Waals surface area contributed by atoms with E-state index in [9.17, 15) is 9.59 Å². The number of ether oxygens (including phenoxy) is 4. The van der Waals surface area contributed by atoms with Crippen molar-refractivity contribution in [3.05, 3.63) is 47.5 Å². The van der Waals surface area contributed by atoms with Crippen molar-refractivity contribution in [2.45, 2.75) is 6.92 Å². The van der Waals surface area contributed by atoms with Gasteiger partial charge in [-0.1, -0.05) is 0 Å². The summed E-state index contributed by atoms with van der Waals surface area (Å²) in [5.74, 6) is 0.789. The van der Waals surface area contributed by atoms with Crippen LogP contribution >= 0.6 is 0 Å². The lowest BCUT2D eigenvalue weighted by molar-refractivity contribution is -0.119. The average Bonchev–Trinajstić information content (AvgIpc) is 2.72. The molecular formula is C20H23N3O6. The van der Waals surface area contributed by atoms with Crippen molar-refractivity contribution in [2.24, 2.45) is 10.8 Å². The summed E-state index contributed by atoms with van der Waals surface area (Å²) in [5, 5.41) is 3.95. The van der Waals surface area contributed by atoms with Gasteiger partial charge in [0.25, 0.3) is 11.8 Å². The van der Waals surface area contributed by atoms with Gasteiger partial charge in [-0.3, -0.25) is 9.59 Å². The Morgan fingerprint density at radius 2 is 1.72 bits per heavy atom. The van der Waals surface area contributed by atoms with Crippen LogP contribution in [0.5, 0.6) is 23.0 Å². The van der Waals surface area contributed by atoms with Gasteiger partial charge in [0, 0.05) is 5.56 Å². The molecule has 2 amide bonds. The Bertz CT molecular complexity index is 898. The number of nitrogens with two attached hydrogens (primary N) is 1. The van der Waals surface area contributed by atoms with Gasteiger partial charge in [-0.25, -0.2) is 5.43 Å². The summed E-state index contributed by atoms with van der Waals surface area (Å²) in [4.78, 5) is 23.1. The number of hydrogen-bond donors (Lipinski definition) is 2. The molecule has 0 saturated heterocycles. The lowest BCUT2D eigenvalue weighted by Gasteiger charge is -2.10. The van der Waals surface area contributed by atoms with Crippen molar-refractivity contribution in [3.8, 4) is 23.0 Å². The topological polar surface area (TPSA) is 121 Å². The van der Waals surface area contributed by atoms with Crippen LogP contribution in [-0.4, -0.2) is 45.5 Å². The average molecular weight is 401 g/mol. The third-order valence-electron chi connectivity index (χ3n) is 3.66. The molecule has 0 bridgehead atoms. The molecule has 9 nitrogen and oxygen atoms in total. The number of nitrogens with one attached hydrogen (secondary N) is 1. The second kappa shape index (κ2) is 10.5. The number of hydrogen-bond acceptors (Lipinski definition) is 7. The smallest absolute Gasteiger partial charge is 0.271 e. The maximum Gasteiger partial charge on any atom is 0.271 e. The van der Waals surface area contributed by atoms with Crippen LogP contribution in [0.1, 0.15) is 22.8 Å². The summed E-state index contributed by atoms with van der Waals surface area (Å²) in [6.07, 6.45) is 1.45. The van der Waals surface area contributed by atoms with Crippen LogP contribution in [0, 0.1) is 0 Å². The maximum atomic E-state index is 12.3. The van der Waals surface area contributed by atoms with E-state index in [-0.39, 0.29) is 6.61 Å². The largest absolute Gasteiger partial charge is 0.493 e. The highest BCUT2D eigenvalue weighted by molar-refractivity contribution is 5.95. The van der Waals surface area contributed by atoms with Crippen molar-refractivity contribution in [2.75, 3.05) is 27.4 Å². The molecule has 2 aromatic carbocycles. The van der Waals surface area contributed by atoms with Gasteiger partial charge in [0.1, 0.15) is 0 Å². The van der Waals surface area contributed by atoms with Crippen LogP contribution in [0.3, 0.4) is 0 Å². The molecule has 0 aliphatic carbocycles. The number of nitrogens with zero attached hydrogens (tertiary/aromatic N) is 1. The Kier molecular flexibility index (Phi) is 7.84. The lowest BCUT2D eigenvalue weighted by Crippen LogP contribution is -2.20. The van der Waals surface area contributed by atoms with Crippen molar-refractivity contribution in [3.63, 3.8) is 0 Å². The molecular weight excluding hydrogens is 378 g/mol. The molecule has 0 aliphatic rings. The summed E-state index contributed by atoms with van der Waals surface area (Å²) in [5.41, 5.74) is 8.54. The van der Waals surface area contributed by atoms with E-state index < -0.39 is 11.8 Å². The summed E-state index contributed by atoms with van der Waals surface area (Å²) < 4.78 is 21.1. The van der Waals surface area contributed by atoms with E-state index >= 15 is 0 Å². The number of benzene rings is 2. The van der Waals surface area contributed by atoms with Gasteiger partial charge >= 0.3 is 0 Å². The lowest BCUT2D eigenvalue weighted by atomic mass is 10.2.